The van der Waals surface area contributed by atoms with E-state index in [1.807, 2.05) is 43.3 Å². The molecule has 90 valence electrons. The molecule has 1 aromatic rings. The zero-order chi connectivity index (χ0) is 12.1. The highest BCUT2D eigenvalue weighted by Gasteiger charge is 2.24. The lowest BCUT2D eigenvalue weighted by atomic mass is 9.97. The number of hydrogen-bond donors (Lipinski definition) is 0. The fourth-order valence-corrected chi connectivity index (χ4v) is 1.84. The van der Waals surface area contributed by atoms with Crippen LogP contribution in [0.1, 0.15) is 20.3 Å². The molecular formula is C15H18O2. The van der Waals surface area contributed by atoms with E-state index >= 15 is 0 Å². The molecule has 1 aliphatic rings. The molecule has 0 amide bonds. The monoisotopic (exact) mass is 230 g/mol. The minimum absolute atomic E-state index is 0.276. The number of ether oxygens (including phenoxy) is 2. The molecule has 1 atom stereocenters. The Bertz CT molecular complexity index is 434. The molecule has 0 saturated carbocycles. The lowest BCUT2D eigenvalue weighted by molar-refractivity contribution is 0.135. The number of para-hydroxylation sites is 2. The van der Waals surface area contributed by atoms with Crippen molar-refractivity contribution in [1.29, 1.82) is 0 Å². The van der Waals surface area contributed by atoms with E-state index in [0.29, 0.717) is 6.61 Å². The van der Waals surface area contributed by atoms with Gasteiger partial charge in [0.2, 0.25) is 0 Å². The smallest absolute Gasteiger partial charge is 0.162 e. The summed E-state index contributed by atoms with van der Waals surface area (Å²) in [5.74, 6) is 1.61. The summed E-state index contributed by atoms with van der Waals surface area (Å²) in [5, 5.41) is 0. The van der Waals surface area contributed by atoms with Crippen LogP contribution in [0.5, 0.6) is 11.5 Å². The Balaban J connectivity index is 2.18. The molecule has 1 aromatic carbocycles. The summed E-state index contributed by atoms with van der Waals surface area (Å²) >= 11 is 0. The number of hydrogen-bond acceptors (Lipinski definition) is 2. The highest BCUT2D eigenvalue weighted by atomic mass is 16.5. The molecule has 1 aliphatic carbocycles. The molecule has 1 unspecified atom stereocenters. The predicted molar refractivity (Wildman–Crippen MR) is 69.5 cm³/mol. The van der Waals surface area contributed by atoms with Gasteiger partial charge in [0.1, 0.15) is 5.60 Å². The van der Waals surface area contributed by atoms with Crippen molar-refractivity contribution >= 4 is 0 Å². The number of allylic oxidation sites excluding steroid dienone is 2. The van der Waals surface area contributed by atoms with E-state index < -0.39 is 0 Å². The first-order valence-electron chi connectivity index (χ1n) is 5.99. The second-order valence-electron chi connectivity index (χ2n) is 4.29. The molecule has 0 bridgehead atoms. The summed E-state index contributed by atoms with van der Waals surface area (Å²) < 4.78 is 11.6. The first-order valence-corrected chi connectivity index (χ1v) is 5.99. The van der Waals surface area contributed by atoms with Crippen molar-refractivity contribution < 1.29 is 9.47 Å². The fourth-order valence-electron chi connectivity index (χ4n) is 1.84. The summed E-state index contributed by atoms with van der Waals surface area (Å²) in [6.45, 7) is 4.70. The average Bonchev–Trinajstić information content (AvgIpc) is 2.32. The van der Waals surface area contributed by atoms with Gasteiger partial charge in [0.25, 0.3) is 0 Å². The molecule has 0 aliphatic heterocycles. The normalized spacial score (nSPS) is 22.5. The van der Waals surface area contributed by atoms with Crippen molar-refractivity contribution in [3.8, 4) is 11.5 Å². The van der Waals surface area contributed by atoms with Crippen molar-refractivity contribution in [2.45, 2.75) is 25.9 Å². The minimum atomic E-state index is -0.276. The van der Waals surface area contributed by atoms with Crippen LogP contribution in [0.3, 0.4) is 0 Å². The van der Waals surface area contributed by atoms with E-state index in [-0.39, 0.29) is 5.60 Å². The molecule has 0 heterocycles. The van der Waals surface area contributed by atoms with Gasteiger partial charge in [-0.15, -0.1) is 0 Å². The van der Waals surface area contributed by atoms with E-state index in [1.54, 1.807) is 0 Å². The van der Waals surface area contributed by atoms with Gasteiger partial charge < -0.3 is 9.47 Å². The molecule has 17 heavy (non-hydrogen) atoms. The fraction of sp³-hybridized carbons (Fsp3) is 0.333. The van der Waals surface area contributed by atoms with Crippen molar-refractivity contribution in [2.75, 3.05) is 6.61 Å². The maximum atomic E-state index is 6.06. The van der Waals surface area contributed by atoms with Crippen LogP contribution in [0, 0.1) is 0 Å². The first-order chi connectivity index (χ1) is 8.23. The second kappa shape index (κ2) is 5.09. The molecular weight excluding hydrogens is 212 g/mol. The summed E-state index contributed by atoms with van der Waals surface area (Å²) in [6, 6.07) is 7.80. The van der Waals surface area contributed by atoms with Gasteiger partial charge in [-0.05, 0) is 32.1 Å². The van der Waals surface area contributed by atoms with Gasteiger partial charge >= 0.3 is 0 Å². The largest absolute Gasteiger partial charge is 0.490 e. The third kappa shape index (κ3) is 2.90. The van der Waals surface area contributed by atoms with Gasteiger partial charge in [-0.1, -0.05) is 30.4 Å². The topological polar surface area (TPSA) is 18.5 Å². The van der Waals surface area contributed by atoms with Crippen LogP contribution in [0.4, 0.5) is 0 Å². The van der Waals surface area contributed by atoms with Crippen molar-refractivity contribution in [2.24, 2.45) is 0 Å². The molecule has 2 nitrogen and oxygen atoms in total. The molecule has 0 radical (unpaired) electrons. The Labute approximate surface area is 103 Å². The van der Waals surface area contributed by atoms with Gasteiger partial charge in [-0.2, -0.15) is 0 Å². The third-order valence-electron chi connectivity index (χ3n) is 2.71. The highest BCUT2D eigenvalue weighted by molar-refractivity contribution is 5.40. The van der Waals surface area contributed by atoms with Crippen LogP contribution in [0.25, 0.3) is 0 Å². The van der Waals surface area contributed by atoms with E-state index in [9.17, 15) is 0 Å². The lowest BCUT2D eigenvalue weighted by Gasteiger charge is -2.28. The minimum Gasteiger partial charge on any atom is -0.490 e. The standard InChI is InChI=1S/C15H18O2/c1-3-16-13-9-5-6-10-14(13)17-15(2)11-7-4-8-12-15/h4-11H,3,12H2,1-2H3. The summed E-state index contributed by atoms with van der Waals surface area (Å²) in [7, 11) is 0. The SMILES string of the molecule is CCOc1ccccc1OC1(C)C=CC=CC1. The van der Waals surface area contributed by atoms with Gasteiger partial charge in [0, 0.05) is 6.42 Å². The van der Waals surface area contributed by atoms with Gasteiger partial charge in [-0.3, -0.25) is 0 Å². The number of benzene rings is 1. The zero-order valence-corrected chi connectivity index (χ0v) is 10.3. The van der Waals surface area contributed by atoms with Crippen molar-refractivity contribution in [3.05, 3.63) is 48.6 Å². The van der Waals surface area contributed by atoms with Crippen LogP contribution >= 0.6 is 0 Å². The van der Waals surface area contributed by atoms with Crippen LogP contribution in [0.15, 0.2) is 48.6 Å². The molecule has 0 spiro atoms. The van der Waals surface area contributed by atoms with E-state index in [1.165, 1.54) is 0 Å². The van der Waals surface area contributed by atoms with Gasteiger partial charge in [0.05, 0.1) is 6.61 Å². The third-order valence-corrected chi connectivity index (χ3v) is 2.71. The molecule has 0 saturated heterocycles. The maximum absolute atomic E-state index is 6.06. The summed E-state index contributed by atoms with van der Waals surface area (Å²) in [6.07, 6.45) is 9.13. The first kappa shape index (κ1) is 11.8. The molecule has 0 N–H and O–H groups in total. The van der Waals surface area contributed by atoms with E-state index in [4.69, 9.17) is 9.47 Å². The average molecular weight is 230 g/mol. The Kier molecular flexibility index (Phi) is 3.52. The van der Waals surface area contributed by atoms with Crippen LogP contribution in [-0.2, 0) is 0 Å². The lowest BCUT2D eigenvalue weighted by Crippen LogP contribution is -2.30. The predicted octanol–water partition coefficient (Wildman–Crippen LogP) is 3.74. The van der Waals surface area contributed by atoms with Gasteiger partial charge in [-0.25, -0.2) is 0 Å². The maximum Gasteiger partial charge on any atom is 0.162 e. The highest BCUT2D eigenvalue weighted by Crippen LogP contribution is 2.32. The Morgan fingerprint density at radius 1 is 1.18 bits per heavy atom. The second-order valence-corrected chi connectivity index (χ2v) is 4.29. The van der Waals surface area contributed by atoms with Crippen LogP contribution in [-0.4, -0.2) is 12.2 Å². The Morgan fingerprint density at radius 3 is 2.59 bits per heavy atom. The van der Waals surface area contributed by atoms with Gasteiger partial charge in [0.15, 0.2) is 11.5 Å². The summed E-state index contributed by atoms with van der Waals surface area (Å²) in [5.41, 5.74) is -0.276. The molecule has 2 rings (SSSR count). The quantitative estimate of drug-likeness (QED) is 0.784. The van der Waals surface area contributed by atoms with Crippen LogP contribution < -0.4 is 9.47 Å². The van der Waals surface area contributed by atoms with Crippen molar-refractivity contribution in [3.63, 3.8) is 0 Å². The van der Waals surface area contributed by atoms with Crippen LogP contribution in [0.2, 0.25) is 0 Å². The molecule has 0 fully saturated rings. The van der Waals surface area contributed by atoms with E-state index in [2.05, 4.69) is 19.1 Å². The number of rotatable bonds is 4. The Hall–Kier alpha value is -1.70. The van der Waals surface area contributed by atoms with Crippen molar-refractivity contribution in [1.82, 2.24) is 0 Å². The Morgan fingerprint density at radius 2 is 1.94 bits per heavy atom. The zero-order valence-electron chi connectivity index (χ0n) is 10.3. The summed E-state index contributed by atoms with van der Waals surface area (Å²) in [4.78, 5) is 0. The molecule has 2 heteroatoms. The van der Waals surface area contributed by atoms with E-state index in [0.717, 1.165) is 17.9 Å². The molecule has 0 aromatic heterocycles.